The molecule has 2 aromatic carbocycles. The number of benzene rings is 2. The largest absolute Gasteiger partial charge is 0.488 e. The molecule has 0 aliphatic heterocycles. The first-order chi connectivity index (χ1) is 10.2. The lowest BCUT2D eigenvalue weighted by molar-refractivity contribution is 0.294. The van der Waals surface area contributed by atoms with E-state index in [0.717, 1.165) is 36.4 Å². The molecule has 0 atom stereocenters. The minimum Gasteiger partial charge on any atom is -0.488 e. The van der Waals surface area contributed by atoms with Crippen LogP contribution in [0.1, 0.15) is 30.0 Å². The molecule has 1 N–H and O–H groups in total. The van der Waals surface area contributed by atoms with Gasteiger partial charge in [0, 0.05) is 17.7 Å². The Bertz CT molecular complexity index is 583. The number of rotatable bonds is 7. The number of hydrogen-bond acceptors (Lipinski definition) is 2. The maximum Gasteiger partial charge on any atom is 0.129 e. The fourth-order valence-electron chi connectivity index (χ4n) is 2.22. The van der Waals surface area contributed by atoms with E-state index in [1.54, 1.807) is 12.1 Å². The van der Waals surface area contributed by atoms with E-state index in [1.165, 1.54) is 6.07 Å². The van der Waals surface area contributed by atoms with Gasteiger partial charge < -0.3 is 10.1 Å². The maximum atomic E-state index is 13.6. The first-order valence-corrected chi connectivity index (χ1v) is 7.37. The Balaban J connectivity index is 2.09. The zero-order chi connectivity index (χ0) is 15.1. The molecule has 21 heavy (non-hydrogen) atoms. The molecule has 0 heterocycles. The molecule has 0 spiro atoms. The van der Waals surface area contributed by atoms with Gasteiger partial charge in [-0.25, -0.2) is 4.39 Å². The van der Waals surface area contributed by atoms with Crippen LogP contribution in [0.25, 0.3) is 0 Å². The number of nitrogens with one attached hydrogen (secondary N) is 1. The Morgan fingerprint density at radius 1 is 1.05 bits per heavy atom. The van der Waals surface area contributed by atoms with E-state index in [1.807, 2.05) is 31.2 Å². The first-order valence-electron chi connectivity index (χ1n) is 7.37. The normalized spacial score (nSPS) is 10.6. The highest BCUT2D eigenvalue weighted by Gasteiger charge is 2.08. The zero-order valence-electron chi connectivity index (χ0n) is 12.7. The summed E-state index contributed by atoms with van der Waals surface area (Å²) >= 11 is 0. The average molecular weight is 287 g/mol. The predicted molar refractivity (Wildman–Crippen MR) is 83.9 cm³/mol. The smallest absolute Gasteiger partial charge is 0.129 e. The van der Waals surface area contributed by atoms with E-state index in [2.05, 4.69) is 12.2 Å². The van der Waals surface area contributed by atoms with Crippen molar-refractivity contribution in [2.75, 3.05) is 6.54 Å². The van der Waals surface area contributed by atoms with Crippen molar-refractivity contribution in [2.45, 2.75) is 33.4 Å². The molecule has 0 saturated heterocycles. The van der Waals surface area contributed by atoms with Crippen LogP contribution >= 0.6 is 0 Å². The van der Waals surface area contributed by atoms with Crippen molar-refractivity contribution in [1.29, 1.82) is 0 Å². The van der Waals surface area contributed by atoms with Gasteiger partial charge in [-0.15, -0.1) is 0 Å². The molecule has 2 nitrogen and oxygen atoms in total. The molecule has 0 aliphatic rings. The summed E-state index contributed by atoms with van der Waals surface area (Å²) in [6.45, 7) is 6.14. The molecule has 0 fully saturated rings. The third-order valence-electron chi connectivity index (χ3n) is 3.37. The third-order valence-corrected chi connectivity index (χ3v) is 3.37. The maximum absolute atomic E-state index is 13.6. The highest BCUT2D eigenvalue weighted by molar-refractivity contribution is 5.41. The Labute approximate surface area is 126 Å². The lowest BCUT2D eigenvalue weighted by atomic mass is 10.1. The van der Waals surface area contributed by atoms with E-state index in [-0.39, 0.29) is 12.4 Å². The fourth-order valence-corrected chi connectivity index (χ4v) is 2.22. The monoisotopic (exact) mass is 287 g/mol. The van der Waals surface area contributed by atoms with Gasteiger partial charge in [0.25, 0.3) is 0 Å². The van der Waals surface area contributed by atoms with Crippen LogP contribution in [-0.4, -0.2) is 6.54 Å². The van der Waals surface area contributed by atoms with E-state index < -0.39 is 0 Å². The van der Waals surface area contributed by atoms with Crippen molar-refractivity contribution in [3.63, 3.8) is 0 Å². The Hall–Kier alpha value is -1.87. The lowest BCUT2D eigenvalue weighted by Gasteiger charge is -2.15. The van der Waals surface area contributed by atoms with Crippen LogP contribution in [0.15, 0.2) is 42.5 Å². The molecule has 0 radical (unpaired) electrons. The zero-order valence-corrected chi connectivity index (χ0v) is 12.7. The van der Waals surface area contributed by atoms with E-state index in [9.17, 15) is 4.39 Å². The summed E-state index contributed by atoms with van der Waals surface area (Å²) in [6.07, 6.45) is 1.09. The summed E-state index contributed by atoms with van der Waals surface area (Å²) in [6, 6.07) is 12.8. The molecule has 3 heteroatoms. The Kier molecular flexibility index (Phi) is 5.76. The van der Waals surface area contributed by atoms with Crippen molar-refractivity contribution in [3.8, 4) is 5.75 Å². The number of halogens is 1. The van der Waals surface area contributed by atoms with Crippen LogP contribution in [0.5, 0.6) is 5.75 Å². The topological polar surface area (TPSA) is 21.3 Å². The number of aryl methyl sites for hydroxylation is 1. The standard InChI is InChI=1S/C18H22FNO/c1-3-11-20-12-15-9-6-7-14(2)18(15)21-13-16-8-4-5-10-17(16)19/h4-10,20H,3,11-13H2,1-2H3. The second-order valence-corrected chi connectivity index (χ2v) is 5.12. The minimum atomic E-state index is -0.225. The van der Waals surface area contributed by atoms with Crippen molar-refractivity contribution in [1.82, 2.24) is 5.32 Å². The van der Waals surface area contributed by atoms with Crippen LogP contribution in [-0.2, 0) is 13.2 Å². The van der Waals surface area contributed by atoms with Gasteiger partial charge in [-0.2, -0.15) is 0 Å². The van der Waals surface area contributed by atoms with Gasteiger partial charge in [-0.3, -0.25) is 0 Å². The average Bonchev–Trinajstić information content (AvgIpc) is 2.48. The van der Waals surface area contributed by atoms with E-state index in [4.69, 9.17) is 4.74 Å². The summed E-state index contributed by atoms with van der Waals surface area (Å²) < 4.78 is 19.5. The van der Waals surface area contributed by atoms with Crippen LogP contribution in [0.3, 0.4) is 0 Å². The van der Waals surface area contributed by atoms with Gasteiger partial charge in [-0.1, -0.05) is 43.3 Å². The highest BCUT2D eigenvalue weighted by atomic mass is 19.1. The second kappa shape index (κ2) is 7.79. The number of ether oxygens (including phenoxy) is 1. The SMILES string of the molecule is CCCNCc1cccc(C)c1OCc1ccccc1F. The number of hydrogen-bond donors (Lipinski definition) is 1. The molecular weight excluding hydrogens is 265 g/mol. The minimum absolute atomic E-state index is 0.225. The van der Waals surface area contributed by atoms with Crippen molar-refractivity contribution >= 4 is 0 Å². The molecule has 0 bridgehead atoms. The lowest BCUT2D eigenvalue weighted by Crippen LogP contribution is -2.15. The molecule has 2 rings (SSSR count). The summed E-state index contributed by atoms with van der Waals surface area (Å²) in [5, 5.41) is 3.37. The Morgan fingerprint density at radius 2 is 1.81 bits per heavy atom. The third kappa shape index (κ3) is 4.30. The molecular formula is C18H22FNO. The van der Waals surface area contributed by atoms with Crippen molar-refractivity contribution < 1.29 is 9.13 Å². The van der Waals surface area contributed by atoms with Crippen LogP contribution < -0.4 is 10.1 Å². The van der Waals surface area contributed by atoms with E-state index in [0.29, 0.717) is 5.56 Å². The summed E-state index contributed by atoms with van der Waals surface area (Å²) in [5.41, 5.74) is 2.76. The molecule has 2 aromatic rings. The van der Waals surface area contributed by atoms with Crippen LogP contribution in [0.4, 0.5) is 4.39 Å². The molecule has 112 valence electrons. The van der Waals surface area contributed by atoms with E-state index >= 15 is 0 Å². The van der Waals surface area contributed by atoms with Crippen LogP contribution in [0.2, 0.25) is 0 Å². The molecule has 0 saturated carbocycles. The van der Waals surface area contributed by atoms with Crippen molar-refractivity contribution in [3.05, 3.63) is 65.0 Å². The van der Waals surface area contributed by atoms with Gasteiger partial charge >= 0.3 is 0 Å². The van der Waals surface area contributed by atoms with Gasteiger partial charge in [0.15, 0.2) is 0 Å². The summed E-state index contributed by atoms with van der Waals surface area (Å²) in [5.74, 6) is 0.626. The van der Waals surface area contributed by atoms with Gasteiger partial charge in [0.2, 0.25) is 0 Å². The Morgan fingerprint density at radius 3 is 2.57 bits per heavy atom. The fraction of sp³-hybridized carbons (Fsp3) is 0.333. The highest BCUT2D eigenvalue weighted by Crippen LogP contribution is 2.24. The van der Waals surface area contributed by atoms with Gasteiger partial charge in [0.05, 0.1) is 0 Å². The van der Waals surface area contributed by atoms with Crippen molar-refractivity contribution in [2.24, 2.45) is 0 Å². The second-order valence-electron chi connectivity index (χ2n) is 5.12. The molecule has 0 aromatic heterocycles. The molecule has 0 unspecified atom stereocenters. The number of para-hydroxylation sites is 1. The summed E-state index contributed by atoms with van der Waals surface area (Å²) in [7, 11) is 0. The van der Waals surface area contributed by atoms with Crippen LogP contribution in [0, 0.1) is 12.7 Å². The summed E-state index contributed by atoms with van der Waals surface area (Å²) in [4.78, 5) is 0. The first kappa shape index (κ1) is 15.5. The predicted octanol–water partition coefficient (Wildman–Crippen LogP) is 4.21. The molecule has 0 aliphatic carbocycles. The molecule has 0 amide bonds. The quantitative estimate of drug-likeness (QED) is 0.770. The van der Waals surface area contributed by atoms with Gasteiger partial charge in [-0.05, 0) is 31.5 Å². The van der Waals surface area contributed by atoms with Gasteiger partial charge in [0.1, 0.15) is 18.2 Å².